The maximum atomic E-state index is 5.99. The summed E-state index contributed by atoms with van der Waals surface area (Å²) >= 11 is 5.99. The van der Waals surface area contributed by atoms with E-state index < -0.39 is 0 Å². The van der Waals surface area contributed by atoms with Gasteiger partial charge in [-0.05, 0) is 43.2 Å². The molecule has 3 nitrogen and oxygen atoms in total. The number of hydrogen-bond acceptors (Lipinski definition) is 3. The summed E-state index contributed by atoms with van der Waals surface area (Å²) in [7, 11) is 0. The molecule has 0 radical (unpaired) electrons. The molecule has 0 bridgehead atoms. The Morgan fingerprint density at radius 1 is 1.19 bits per heavy atom. The van der Waals surface area contributed by atoms with E-state index in [1.54, 1.807) is 0 Å². The van der Waals surface area contributed by atoms with E-state index >= 15 is 0 Å². The fourth-order valence-electron chi connectivity index (χ4n) is 2.01. The van der Waals surface area contributed by atoms with E-state index in [4.69, 9.17) is 20.8 Å². The van der Waals surface area contributed by atoms with Crippen molar-refractivity contribution in [1.82, 2.24) is 5.32 Å². The SMILES string of the molecule is Cc1ccc(Cl)cc1OCc1cc(C)c(CNC(C)C)o1. The highest BCUT2D eigenvalue weighted by molar-refractivity contribution is 6.30. The van der Waals surface area contributed by atoms with Crippen LogP contribution in [0.25, 0.3) is 0 Å². The van der Waals surface area contributed by atoms with Crippen LogP contribution in [0.5, 0.6) is 5.75 Å². The molecule has 4 heteroatoms. The molecule has 1 heterocycles. The molecule has 1 aromatic carbocycles. The average Bonchev–Trinajstić information content (AvgIpc) is 2.78. The summed E-state index contributed by atoms with van der Waals surface area (Å²) in [5.74, 6) is 2.58. The lowest BCUT2D eigenvalue weighted by molar-refractivity contribution is 0.263. The van der Waals surface area contributed by atoms with Gasteiger partial charge < -0.3 is 14.5 Å². The summed E-state index contributed by atoms with van der Waals surface area (Å²) in [4.78, 5) is 0. The first-order valence-electron chi connectivity index (χ1n) is 7.16. The lowest BCUT2D eigenvalue weighted by Gasteiger charge is -2.08. The molecule has 0 fully saturated rings. The monoisotopic (exact) mass is 307 g/mol. The van der Waals surface area contributed by atoms with Crippen molar-refractivity contribution in [3.05, 3.63) is 51.9 Å². The fraction of sp³-hybridized carbons (Fsp3) is 0.412. The van der Waals surface area contributed by atoms with Gasteiger partial charge in [0.15, 0.2) is 0 Å². The molecular formula is C17H22ClNO2. The largest absolute Gasteiger partial charge is 0.485 e. The van der Waals surface area contributed by atoms with Gasteiger partial charge in [0.1, 0.15) is 23.9 Å². The number of furan rings is 1. The van der Waals surface area contributed by atoms with Crippen LogP contribution in [0.2, 0.25) is 5.02 Å². The maximum absolute atomic E-state index is 5.99. The van der Waals surface area contributed by atoms with E-state index in [-0.39, 0.29) is 0 Å². The van der Waals surface area contributed by atoms with Gasteiger partial charge in [-0.3, -0.25) is 0 Å². The Morgan fingerprint density at radius 3 is 2.67 bits per heavy atom. The van der Waals surface area contributed by atoms with E-state index in [0.29, 0.717) is 17.7 Å². The van der Waals surface area contributed by atoms with Gasteiger partial charge in [0.25, 0.3) is 0 Å². The van der Waals surface area contributed by atoms with Gasteiger partial charge in [0.05, 0.1) is 6.54 Å². The van der Waals surface area contributed by atoms with Gasteiger partial charge in [-0.1, -0.05) is 31.5 Å². The molecule has 21 heavy (non-hydrogen) atoms. The smallest absolute Gasteiger partial charge is 0.146 e. The molecule has 0 aliphatic rings. The second kappa shape index (κ2) is 7.01. The third kappa shape index (κ3) is 4.51. The van der Waals surface area contributed by atoms with E-state index in [0.717, 1.165) is 34.9 Å². The molecule has 0 atom stereocenters. The first-order chi connectivity index (χ1) is 9.95. The van der Waals surface area contributed by atoms with Crippen molar-refractivity contribution in [1.29, 1.82) is 0 Å². The number of nitrogens with one attached hydrogen (secondary N) is 1. The van der Waals surface area contributed by atoms with Crippen molar-refractivity contribution < 1.29 is 9.15 Å². The second-order valence-electron chi connectivity index (χ2n) is 5.55. The van der Waals surface area contributed by atoms with Crippen molar-refractivity contribution in [2.45, 2.75) is 46.9 Å². The summed E-state index contributed by atoms with van der Waals surface area (Å²) in [6.07, 6.45) is 0. The van der Waals surface area contributed by atoms with Crippen LogP contribution in [0.15, 0.2) is 28.7 Å². The molecule has 0 saturated heterocycles. The van der Waals surface area contributed by atoms with Gasteiger partial charge in [-0.15, -0.1) is 0 Å². The molecule has 0 unspecified atom stereocenters. The molecule has 1 N–H and O–H groups in total. The lowest BCUT2D eigenvalue weighted by Crippen LogP contribution is -2.21. The normalized spacial score (nSPS) is 11.1. The number of rotatable bonds is 6. The molecule has 0 aliphatic carbocycles. The van der Waals surface area contributed by atoms with Gasteiger partial charge in [0, 0.05) is 11.1 Å². The highest BCUT2D eigenvalue weighted by Crippen LogP contribution is 2.24. The van der Waals surface area contributed by atoms with Gasteiger partial charge in [-0.25, -0.2) is 0 Å². The Morgan fingerprint density at radius 2 is 1.95 bits per heavy atom. The van der Waals surface area contributed by atoms with E-state index in [1.807, 2.05) is 31.2 Å². The van der Waals surface area contributed by atoms with Crippen molar-refractivity contribution in [2.75, 3.05) is 0 Å². The Bertz CT molecular complexity index is 605. The Labute approximate surface area is 131 Å². The Hall–Kier alpha value is -1.45. The van der Waals surface area contributed by atoms with Crippen molar-refractivity contribution in [3.8, 4) is 5.75 Å². The molecule has 0 saturated carbocycles. The van der Waals surface area contributed by atoms with Crippen LogP contribution in [0.3, 0.4) is 0 Å². The zero-order chi connectivity index (χ0) is 15.4. The van der Waals surface area contributed by atoms with Crippen molar-refractivity contribution in [3.63, 3.8) is 0 Å². The molecule has 0 aliphatic heterocycles. The third-order valence-electron chi connectivity index (χ3n) is 3.26. The fourth-order valence-corrected chi connectivity index (χ4v) is 2.17. The van der Waals surface area contributed by atoms with Gasteiger partial charge in [-0.2, -0.15) is 0 Å². The predicted molar refractivity (Wildman–Crippen MR) is 85.9 cm³/mol. The number of benzene rings is 1. The highest BCUT2D eigenvalue weighted by atomic mass is 35.5. The van der Waals surface area contributed by atoms with Crippen molar-refractivity contribution >= 4 is 11.6 Å². The molecule has 2 rings (SSSR count). The summed E-state index contributed by atoms with van der Waals surface area (Å²) < 4.78 is 11.6. The number of ether oxygens (including phenoxy) is 1. The Balaban J connectivity index is 2.00. The quantitative estimate of drug-likeness (QED) is 0.845. The first kappa shape index (κ1) is 15.9. The third-order valence-corrected chi connectivity index (χ3v) is 3.50. The zero-order valence-electron chi connectivity index (χ0n) is 13.0. The van der Waals surface area contributed by atoms with Crippen LogP contribution in [0.4, 0.5) is 0 Å². The van der Waals surface area contributed by atoms with Crippen LogP contribution < -0.4 is 10.1 Å². The standard InChI is InChI=1S/C17H22ClNO2/c1-11(2)19-9-17-13(4)7-15(21-17)10-20-16-8-14(18)6-5-12(16)3/h5-8,11,19H,9-10H2,1-4H3. The van der Waals surface area contributed by atoms with Crippen LogP contribution in [-0.2, 0) is 13.2 Å². The van der Waals surface area contributed by atoms with Crippen LogP contribution in [-0.4, -0.2) is 6.04 Å². The topological polar surface area (TPSA) is 34.4 Å². The van der Waals surface area contributed by atoms with Crippen LogP contribution >= 0.6 is 11.6 Å². The lowest BCUT2D eigenvalue weighted by atomic mass is 10.2. The molecule has 0 amide bonds. The predicted octanol–water partition coefficient (Wildman–Crippen LogP) is 4.63. The minimum absolute atomic E-state index is 0.406. The van der Waals surface area contributed by atoms with Crippen molar-refractivity contribution in [2.24, 2.45) is 0 Å². The Kier molecular flexibility index (Phi) is 5.32. The van der Waals surface area contributed by atoms with Crippen LogP contribution in [0, 0.1) is 13.8 Å². The van der Waals surface area contributed by atoms with Crippen LogP contribution in [0.1, 0.15) is 36.5 Å². The van der Waals surface area contributed by atoms with E-state index in [1.165, 1.54) is 0 Å². The summed E-state index contributed by atoms with van der Waals surface area (Å²) in [6, 6.07) is 8.09. The first-order valence-corrected chi connectivity index (χ1v) is 7.54. The molecular weight excluding hydrogens is 286 g/mol. The molecule has 1 aromatic heterocycles. The van der Waals surface area contributed by atoms with Gasteiger partial charge >= 0.3 is 0 Å². The zero-order valence-corrected chi connectivity index (χ0v) is 13.8. The maximum Gasteiger partial charge on any atom is 0.146 e. The van der Waals surface area contributed by atoms with Gasteiger partial charge in [0.2, 0.25) is 0 Å². The number of aryl methyl sites for hydroxylation is 2. The minimum atomic E-state index is 0.406. The summed E-state index contributed by atoms with van der Waals surface area (Å²) in [5, 5.41) is 4.03. The summed E-state index contributed by atoms with van der Waals surface area (Å²) in [5.41, 5.74) is 2.20. The summed E-state index contributed by atoms with van der Waals surface area (Å²) in [6.45, 7) is 9.42. The second-order valence-corrected chi connectivity index (χ2v) is 5.99. The molecule has 0 spiro atoms. The molecule has 114 valence electrons. The average molecular weight is 308 g/mol. The number of halogens is 1. The minimum Gasteiger partial charge on any atom is -0.485 e. The highest BCUT2D eigenvalue weighted by Gasteiger charge is 2.09. The molecule has 2 aromatic rings. The van der Waals surface area contributed by atoms with E-state index in [2.05, 4.69) is 26.1 Å². The van der Waals surface area contributed by atoms with E-state index in [9.17, 15) is 0 Å². The number of hydrogen-bond donors (Lipinski definition) is 1.